The van der Waals surface area contributed by atoms with E-state index in [4.69, 9.17) is 9.68 Å². The third kappa shape index (κ3) is 3.53. The minimum Gasteiger partial charge on any atom is -0.421 e. The van der Waals surface area contributed by atoms with Crippen LogP contribution in [0.25, 0.3) is 0 Å². The quantitative estimate of drug-likeness (QED) is 0.686. The second-order valence-corrected chi connectivity index (χ2v) is 6.23. The van der Waals surface area contributed by atoms with Crippen molar-refractivity contribution in [2.75, 3.05) is 5.43 Å². The standard InChI is InChI=1S/C17H20N4O/c1-11-6-8-13(9-7-11)12(2)20-21-15-14(10-18)19-16(22-15)17(3,4)5/h6-9,21H,1-5H3. The summed E-state index contributed by atoms with van der Waals surface area (Å²) in [5.41, 5.74) is 5.76. The normalized spacial score (nSPS) is 12.1. The summed E-state index contributed by atoms with van der Waals surface area (Å²) in [5.74, 6) is 0.786. The molecule has 2 aromatic rings. The average molecular weight is 296 g/mol. The van der Waals surface area contributed by atoms with Crippen LogP contribution in [0.15, 0.2) is 33.8 Å². The minimum absolute atomic E-state index is 0.213. The van der Waals surface area contributed by atoms with Crippen molar-refractivity contribution in [2.24, 2.45) is 5.10 Å². The Hall–Kier alpha value is -2.61. The summed E-state index contributed by atoms with van der Waals surface area (Å²) >= 11 is 0. The lowest BCUT2D eigenvalue weighted by Gasteiger charge is -2.11. The predicted octanol–water partition coefficient (Wildman–Crippen LogP) is 3.99. The maximum Gasteiger partial charge on any atom is 0.252 e. The molecule has 0 aliphatic carbocycles. The van der Waals surface area contributed by atoms with Crippen molar-refractivity contribution < 1.29 is 4.42 Å². The van der Waals surface area contributed by atoms with Gasteiger partial charge in [0, 0.05) is 5.41 Å². The molecule has 1 N–H and O–H groups in total. The number of nitrogens with zero attached hydrogens (tertiary/aromatic N) is 3. The van der Waals surface area contributed by atoms with Crippen LogP contribution in [0, 0.1) is 18.3 Å². The molecule has 0 fully saturated rings. The molecule has 0 radical (unpaired) electrons. The summed E-state index contributed by atoms with van der Waals surface area (Å²) in [7, 11) is 0. The van der Waals surface area contributed by atoms with Crippen molar-refractivity contribution in [3.05, 3.63) is 47.0 Å². The van der Waals surface area contributed by atoms with E-state index in [-0.39, 0.29) is 17.0 Å². The van der Waals surface area contributed by atoms with Crippen LogP contribution in [0.2, 0.25) is 0 Å². The molecule has 0 aliphatic rings. The Balaban J connectivity index is 2.24. The molecule has 0 spiro atoms. The number of aromatic nitrogens is 1. The molecular formula is C17H20N4O. The molecule has 5 heteroatoms. The zero-order valence-electron chi connectivity index (χ0n) is 13.6. The van der Waals surface area contributed by atoms with Crippen molar-refractivity contribution in [2.45, 2.75) is 40.0 Å². The Morgan fingerprint density at radius 2 is 1.91 bits per heavy atom. The molecule has 1 aromatic carbocycles. The van der Waals surface area contributed by atoms with Crippen LogP contribution >= 0.6 is 0 Å². The van der Waals surface area contributed by atoms with Gasteiger partial charge in [-0.15, -0.1) is 0 Å². The number of aryl methyl sites for hydroxylation is 1. The SMILES string of the molecule is CC(=NNc1oc(C(C)(C)C)nc1C#N)c1ccc(C)cc1. The van der Waals surface area contributed by atoms with Gasteiger partial charge in [-0.3, -0.25) is 0 Å². The van der Waals surface area contributed by atoms with Crippen molar-refractivity contribution in [1.82, 2.24) is 4.98 Å². The molecule has 1 aromatic heterocycles. The summed E-state index contributed by atoms with van der Waals surface area (Å²) in [6, 6.07) is 10.1. The van der Waals surface area contributed by atoms with E-state index in [0.29, 0.717) is 5.89 Å². The third-order valence-electron chi connectivity index (χ3n) is 3.17. The van der Waals surface area contributed by atoms with Gasteiger partial charge in [-0.1, -0.05) is 50.6 Å². The summed E-state index contributed by atoms with van der Waals surface area (Å²) < 4.78 is 5.62. The van der Waals surface area contributed by atoms with Gasteiger partial charge in [0.25, 0.3) is 5.88 Å². The zero-order valence-corrected chi connectivity index (χ0v) is 13.6. The van der Waals surface area contributed by atoms with E-state index < -0.39 is 0 Å². The topological polar surface area (TPSA) is 74.2 Å². The van der Waals surface area contributed by atoms with Crippen LogP contribution in [-0.4, -0.2) is 10.7 Å². The Morgan fingerprint density at radius 1 is 1.27 bits per heavy atom. The molecule has 0 saturated carbocycles. The molecule has 0 aliphatic heterocycles. The number of anilines is 1. The fourth-order valence-corrected chi connectivity index (χ4v) is 1.79. The third-order valence-corrected chi connectivity index (χ3v) is 3.17. The average Bonchev–Trinajstić information content (AvgIpc) is 2.89. The van der Waals surface area contributed by atoms with Crippen molar-refractivity contribution in [3.8, 4) is 6.07 Å². The Morgan fingerprint density at radius 3 is 2.45 bits per heavy atom. The molecule has 22 heavy (non-hydrogen) atoms. The van der Waals surface area contributed by atoms with Gasteiger partial charge >= 0.3 is 0 Å². The molecule has 0 bridgehead atoms. The fourth-order valence-electron chi connectivity index (χ4n) is 1.79. The van der Waals surface area contributed by atoms with E-state index in [1.807, 2.05) is 65.0 Å². The number of hydrogen-bond donors (Lipinski definition) is 1. The van der Waals surface area contributed by atoms with Gasteiger partial charge in [0.2, 0.25) is 11.6 Å². The van der Waals surface area contributed by atoms with Gasteiger partial charge in [-0.25, -0.2) is 5.43 Å². The minimum atomic E-state index is -0.263. The number of benzene rings is 1. The van der Waals surface area contributed by atoms with Crippen LogP contribution in [0.1, 0.15) is 50.4 Å². The fraction of sp³-hybridized carbons (Fsp3) is 0.353. The van der Waals surface area contributed by atoms with E-state index in [2.05, 4.69) is 15.5 Å². The second kappa shape index (κ2) is 6.02. The number of rotatable bonds is 3. The lowest BCUT2D eigenvalue weighted by molar-refractivity contribution is 0.399. The maximum atomic E-state index is 9.15. The summed E-state index contributed by atoms with van der Waals surface area (Å²) in [5, 5.41) is 13.4. The Labute approximate surface area is 130 Å². The molecular weight excluding hydrogens is 276 g/mol. The molecule has 0 unspecified atom stereocenters. The van der Waals surface area contributed by atoms with E-state index in [1.165, 1.54) is 5.56 Å². The maximum absolute atomic E-state index is 9.15. The lowest BCUT2D eigenvalue weighted by atomic mass is 9.97. The molecule has 2 rings (SSSR count). The van der Waals surface area contributed by atoms with E-state index in [1.54, 1.807) is 0 Å². The van der Waals surface area contributed by atoms with Gasteiger partial charge in [0.15, 0.2) is 0 Å². The van der Waals surface area contributed by atoms with Crippen LogP contribution in [-0.2, 0) is 5.41 Å². The number of hydrazone groups is 1. The number of nitrogens with one attached hydrogen (secondary N) is 1. The largest absolute Gasteiger partial charge is 0.421 e. The Bertz CT molecular complexity index is 727. The van der Waals surface area contributed by atoms with Gasteiger partial charge in [0.1, 0.15) is 6.07 Å². The second-order valence-electron chi connectivity index (χ2n) is 6.23. The van der Waals surface area contributed by atoms with Gasteiger partial charge in [-0.05, 0) is 19.4 Å². The highest BCUT2D eigenvalue weighted by molar-refractivity contribution is 5.99. The highest BCUT2D eigenvalue weighted by atomic mass is 16.4. The van der Waals surface area contributed by atoms with Crippen LogP contribution in [0.3, 0.4) is 0 Å². The number of oxazole rings is 1. The summed E-state index contributed by atoms with van der Waals surface area (Å²) in [6.07, 6.45) is 0. The van der Waals surface area contributed by atoms with Gasteiger partial charge < -0.3 is 4.42 Å². The van der Waals surface area contributed by atoms with Gasteiger partial charge in [0.05, 0.1) is 5.71 Å². The van der Waals surface area contributed by atoms with Crippen LogP contribution in [0.4, 0.5) is 5.88 Å². The van der Waals surface area contributed by atoms with Crippen LogP contribution in [0.5, 0.6) is 0 Å². The van der Waals surface area contributed by atoms with Crippen molar-refractivity contribution in [3.63, 3.8) is 0 Å². The molecule has 0 saturated heterocycles. The predicted molar refractivity (Wildman–Crippen MR) is 86.9 cm³/mol. The highest BCUT2D eigenvalue weighted by Gasteiger charge is 2.23. The summed E-state index contributed by atoms with van der Waals surface area (Å²) in [4.78, 5) is 4.20. The Kier molecular flexibility index (Phi) is 4.32. The molecule has 5 nitrogen and oxygen atoms in total. The van der Waals surface area contributed by atoms with E-state index >= 15 is 0 Å². The lowest BCUT2D eigenvalue weighted by Crippen LogP contribution is -2.11. The molecule has 0 atom stereocenters. The monoisotopic (exact) mass is 296 g/mol. The molecule has 0 amide bonds. The summed E-state index contributed by atoms with van der Waals surface area (Å²) in [6.45, 7) is 9.86. The molecule has 114 valence electrons. The number of hydrogen-bond acceptors (Lipinski definition) is 5. The van der Waals surface area contributed by atoms with E-state index in [9.17, 15) is 0 Å². The molecule has 1 heterocycles. The van der Waals surface area contributed by atoms with Crippen LogP contribution < -0.4 is 5.43 Å². The number of nitriles is 1. The van der Waals surface area contributed by atoms with E-state index in [0.717, 1.165) is 11.3 Å². The van der Waals surface area contributed by atoms with Crippen molar-refractivity contribution >= 4 is 11.6 Å². The first-order valence-electron chi connectivity index (χ1n) is 7.10. The smallest absolute Gasteiger partial charge is 0.252 e. The van der Waals surface area contributed by atoms with Gasteiger partial charge in [-0.2, -0.15) is 15.3 Å². The zero-order chi connectivity index (χ0) is 16.3. The first kappa shape index (κ1) is 15.8. The van der Waals surface area contributed by atoms with Crippen molar-refractivity contribution in [1.29, 1.82) is 5.26 Å². The first-order chi connectivity index (χ1) is 10.3. The highest BCUT2D eigenvalue weighted by Crippen LogP contribution is 2.26. The first-order valence-corrected chi connectivity index (χ1v) is 7.10.